The lowest BCUT2D eigenvalue weighted by Crippen LogP contribution is -2.33. The van der Waals surface area contributed by atoms with Gasteiger partial charge in [0.15, 0.2) is 17.3 Å². The Hall–Kier alpha value is -3.48. The summed E-state index contributed by atoms with van der Waals surface area (Å²) in [5.41, 5.74) is 3.30. The summed E-state index contributed by atoms with van der Waals surface area (Å²) in [4.78, 5) is 15.3. The molecule has 0 N–H and O–H groups in total. The molecule has 34 heavy (non-hydrogen) atoms. The van der Waals surface area contributed by atoms with E-state index in [1.54, 1.807) is 38.5 Å². The van der Waals surface area contributed by atoms with Gasteiger partial charge in [-0.1, -0.05) is 35.9 Å². The lowest BCUT2D eigenvalue weighted by Gasteiger charge is -2.29. The summed E-state index contributed by atoms with van der Waals surface area (Å²) < 4.78 is 22.7. The van der Waals surface area contributed by atoms with Crippen molar-refractivity contribution in [3.63, 3.8) is 0 Å². The van der Waals surface area contributed by atoms with Gasteiger partial charge in [0.2, 0.25) is 5.78 Å². The van der Waals surface area contributed by atoms with E-state index in [4.69, 9.17) is 30.5 Å². The normalized spacial score (nSPS) is 16.0. The van der Waals surface area contributed by atoms with Crippen molar-refractivity contribution >= 4 is 23.5 Å². The van der Waals surface area contributed by atoms with Gasteiger partial charge in [0.1, 0.15) is 18.2 Å². The molecular formula is C27H24ClNO5. The molecule has 2 aliphatic rings. The van der Waals surface area contributed by atoms with Gasteiger partial charge in [0.25, 0.3) is 0 Å². The van der Waals surface area contributed by atoms with Crippen molar-refractivity contribution in [3.8, 4) is 23.0 Å². The number of ether oxygens (including phenoxy) is 4. The molecule has 0 saturated heterocycles. The second-order valence-corrected chi connectivity index (χ2v) is 8.55. The average molecular weight is 478 g/mol. The summed E-state index contributed by atoms with van der Waals surface area (Å²) in [5, 5.41) is 0.764. The number of benzene rings is 3. The van der Waals surface area contributed by atoms with Gasteiger partial charge in [-0.15, -0.1) is 0 Å². The topological polar surface area (TPSA) is 57.2 Å². The average Bonchev–Trinajstić information content (AvgIpc) is 3.18. The van der Waals surface area contributed by atoms with Gasteiger partial charge in [-0.05, 0) is 54.0 Å². The molecule has 0 bridgehead atoms. The number of nitrogens with zero attached hydrogens (tertiary/aromatic N) is 1. The van der Waals surface area contributed by atoms with Crippen LogP contribution in [-0.4, -0.2) is 38.2 Å². The van der Waals surface area contributed by atoms with Crippen LogP contribution < -0.4 is 18.9 Å². The first-order valence-electron chi connectivity index (χ1n) is 11.0. The van der Waals surface area contributed by atoms with Crippen LogP contribution in [0.3, 0.4) is 0 Å². The molecule has 0 radical (unpaired) electrons. The van der Waals surface area contributed by atoms with E-state index in [1.165, 1.54) is 0 Å². The highest BCUT2D eigenvalue weighted by Gasteiger charge is 2.33. The van der Waals surface area contributed by atoms with Crippen molar-refractivity contribution in [2.75, 3.05) is 27.5 Å². The highest BCUT2D eigenvalue weighted by molar-refractivity contribution is 6.31. The molecule has 0 fully saturated rings. The maximum atomic E-state index is 13.1. The van der Waals surface area contributed by atoms with Gasteiger partial charge in [0.05, 0.1) is 25.3 Å². The van der Waals surface area contributed by atoms with Crippen LogP contribution in [0, 0.1) is 0 Å². The minimum Gasteiger partial charge on any atom is -0.493 e. The Balaban J connectivity index is 1.37. The van der Waals surface area contributed by atoms with E-state index in [-0.39, 0.29) is 11.5 Å². The molecule has 5 rings (SSSR count). The van der Waals surface area contributed by atoms with Crippen LogP contribution in [0.2, 0.25) is 5.02 Å². The van der Waals surface area contributed by atoms with Crippen LogP contribution in [0.5, 0.6) is 23.0 Å². The van der Waals surface area contributed by atoms with Crippen LogP contribution in [0.1, 0.15) is 27.0 Å². The number of allylic oxidation sites excluding steroid dienone is 1. The second-order valence-electron chi connectivity index (χ2n) is 8.14. The van der Waals surface area contributed by atoms with E-state index in [0.29, 0.717) is 36.1 Å². The van der Waals surface area contributed by atoms with Crippen LogP contribution in [-0.2, 0) is 13.0 Å². The largest absolute Gasteiger partial charge is 0.493 e. The van der Waals surface area contributed by atoms with E-state index in [0.717, 1.165) is 40.4 Å². The Morgan fingerprint density at radius 2 is 1.88 bits per heavy atom. The number of Topliss-reactive ketones (excluding diaryl/α,β-unsaturated/α-hetero) is 1. The van der Waals surface area contributed by atoms with Crippen molar-refractivity contribution in [1.82, 2.24) is 4.90 Å². The molecule has 0 amide bonds. The summed E-state index contributed by atoms with van der Waals surface area (Å²) in [6.45, 7) is 1.87. The van der Waals surface area contributed by atoms with Crippen LogP contribution in [0.25, 0.3) is 6.08 Å². The molecule has 0 atom stereocenters. The van der Waals surface area contributed by atoms with Crippen molar-refractivity contribution in [3.05, 3.63) is 87.6 Å². The Labute approximate surface area is 203 Å². The molecule has 0 saturated carbocycles. The fourth-order valence-corrected chi connectivity index (χ4v) is 4.45. The minimum absolute atomic E-state index is 0.152. The number of rotatable bonds is 6. The number of halogens is 1. The molecule has 0 aromatic heterocycles. The van der Waals surface area contributed by atoms with Gasteiger partial charge in [0, 0.05) is 18.1 Å². The third-order valence-electron chi connectivity index (χ3n) is 6.04. The van der Waals surface area contributed by atoms with Gasteiger partial charge in [-0.25, -0.2) is 0 Å². The monoisotopic (exact) mass is 477 g/mol. The van der Waals surface area contributed by atoms with Crippen LogP contribution in [0.15, 0.2) is 60.4 Å². The Morgan fingerprint density at radius 1 is 1.06 bits per heavy atom. The highest BCUT2D eigenvalue weighted by atomic mass is 35.5. The fraction of sp³-hybridized carbons (Fsp3) is 0.222. The van der Waals surface area contributed by atoms with Crippen molar-refractivity contribution in [2.24, 2.45) is 0 Å². The Bertz CT molecular complexity index is 1290. The first-order valence-corrected chi connectivity index (χ1v) is 11.4. The quantitative estimate of drug-likeness (QED) is 0.445. The van der Waals surface area contributed by atoms with E-state index in [2.05, 4.69) is 4.90 Å². The number of fused-ring (bicyclic) bond motifs is 3. The maximum absolute atomic E-state index is 13.1. The predicted molar refractivity (Wildman–Crippen MR) is 130 cm³/mol. The zero-order chi connectivity index (χ0) is 23.7. The smallest absolute Gasteiger partial charge is 0.231 e. The predicted octanol–water partition coefficient (Wildman–Crippen LogP) is 5.37. The Morgan fingerprint density at radius 3 is 2.68 bits per heavy atom. The SMILES string of the molecule is COc1ccc(/C=C2\Oc3c(ccc4c3CN(CCc3ccccc3Cl)CO4)C2=O)cc1OC. The van der Waals surface area contributed by atoms with Crippen molar-refractivity contribution in [1.29, 1.82) is 0 Å². The standard InChI is InChI=1S/C27H24ClNO5/c1-31-23-9-7-17(13-24(23)32-2)14-25-26(30)19-8-10-22-20(27(19)34-25)15-29(16-33-22)12-11-18-5-3-4-6-21(18)28/h3-10,13-14H,11-12,15-16H2,1-2H3/b25-14-. The Kier molecular flexibility index (Phi) is 6.18. The minimum atomic E-state index is -0.152. The van der Waals surface area contributed by atoms with Gasteiger partial charge >= 0.3 is 0 Å². The molecular weight excluding hydrogens is 454 g/mol. The molecule has 174 valence electrons. The number of carbonyl (C=O) groups is 1. The lowest BCUT2D eigenvalue weighted by molar-refractivity contribution is 0.0950. The number of methoxy groups -OCH3 is 2. The number of carbonyl (C=O) groups excluding carboxylic acids is 1. The summed E-state index contributed by atoms with van der Waals surface area (Å²) in [7, 11) is 3.16. The lowest BCUT2D eigenvalue weighted by atomic mass is 10.0. The fourth-order valence-electron chi connectivity index (χ4n) is 4.22. The van der Waals surface area contributed by atoms with E-state index in [1.807, 2.05) is 36.4 Å². The molecule has 0 aliphatic carbocycles. The zero-order valence-corrected chi connectivity index (χ0v) is 19.7. The van der Waals surface area contributed by atoms with Gasteiger partial charge in [-0.3, -0.25) is 9.69 Å². The molecule has 6 nitrogen and oxygen atoms in total. The molecule has 2 aliphatic heterocycles. The van der Waals surface area contributed by atoms with E-state index < -0.39 is 0 Å². The summed E-state index contributed by atoms with van der Waals surface area (Å²) >= 11 is 6.31. The zero-order valence-electron chi connectivity index (χ0n) is 19.0. The first-order chi connectivity index (χ1) is 16.6. The van der Waals surface area contributed by atoms with Gasteiger partial charge in [-0.2, -0.15) is 0 Å². The third kappa shape index (κ3) is 4.22. The summed E-state index contributed by atoms with van der Waals surface area (Å²) in [6, 6.07) is 16.9. The molecule has 3 aromatic carbocycles. The maximum Gasteiger partial charge on any atom is 0.231 e. The third-order valence-corrected chi connectivity index (χ3v) is 6.41. The van der Waals surface area contributed by atoms with Crippen molar-refractivity contribution in [2.45, 2.75) is 13.0 Å². The second kappa shape index (κ2) is 9.41. The first kappa shape index (κ1) is 22.3. The van der Waals surface area contributed by atoms with E-state index >= 15 is 0 Å². The molecule has 3 aromatic rings. The van der Waals surface area contributed by atoms with Crippen LogP contribution >= 0.6 is 11.6 Å². The van der Waals surface area contributed by atoms with E-state index in [9.17, 15) is 4.79 Å². The number of ketones is 1. The number of hydrogen-bond donors (Lipinski definition) is 0. The van der Waals surface area contributed by atoms with Gasteiger partial charge < -0.3 is 18.9 Å². The molecule has 7 heteroatoms. The number of hydrogen-bond acceptors (Lipinski definition) is 6. The molecule has 0 spiro atoms. The highest BCUT2D eigenvalue weighted by Crippen LogP contribution is 2.42. The van der Waals surface area contributed by atoms with Crippen molar-refractivity contribution < 1.29 is 23.7 Å². The molecule has 2 heterocycles. The summed E-state index contributed by atoms with van der Waals surface area (Å²) in [5.74, 6) is 2.63. The molecule has 0 unspecified atom stereocenters. The summed E-state index contributed by atoms with van der Waals surface area (Å²) in [6.07, 6.45) is 2.52. The van der Waals surface area contributed by atoms with Crippen LogP contribution in [0.4, 0.5) is 0 Å².